The van der Waals surface area contributed by atoms with Crippen LogP contribution in [0.3, 0.4) is 0 Å². The van der Waals surface area contributed by atoms with Gasteiger partial charge in [-0.2, -0.15) is 0 Å². The maximum absolute atomic E-state index is 5.40. The summed E-state index contributed by atoms with van der Waals surface area (Å²) in [5.41, 5.74) is 3.33. The summed E-state index contributed by atoms with van der Waals surface area (Å²) in [5, 5.41) is 0. The van der Waals surface area contributed by atoms with Crippen LogP contribution in [0.25, 0.3) is 0 Å². The largest absolute Gasteiger partial charge is 0.493 e. The van der Waals surface area contributed by atoms with E-state index in [0.29, 0.717) is 6.54 Å². The molecular formula is C23H23NO2S. The Hall–Kier alpha value is -2.72. The zero-order valence-corrected chi connectivity index (χ0v) is 16.4. The molecule has 0 aliphatic carbocycles. The monoisotopic (exact) mass is 377 g/mol. The Labute approximate surface area is 165 Å². The van der Waals surface area contributed by atoms with Crippen molar-refractivity contribution in [2.75, 3.05) is 20.0 Å². The van der Waals surface area contributed by atoms with E-state index in [1.165, 1.54) is 4.90 Å². The number of thioether (sulfide) groups is 1. The first-order chi connectivity index (χ1) is 13.3. The molecular weight excluding hydrogens is 354 g/mol. The van der Waals surface area contributed by atoms with E-state index in [4.69, 9.17) is 14.5 Å². The zero-order valence-electron chi connectivity index (χ0n) is 15.6. The van der Waals surface area contributed by atoms with Crippen molar-refractivity contribution in [3.05, 3.63) is 90.0 Å². The maximum Gasteiger partial charge on any atom is 0.161 e. The Morgan fingerprint density at radius 3 is 2.15 bits per heavy atom. The minimum Gasteiger partial charge on any atom is -0.493 e. The van der Waals surface area contributed by atoms with Gasteiger partial charge in [0.15, 0.2) is 11.5 Å². The Morgan fingerprint density at radius 1 is 0.815 bits per heavy atom. The van der Waals surface area contributed by atoms with Gasteiger partial charge in [-0.3, -0.25) is 4.99 Å². The highest BCUT2D eigenvalue weighted by molar-refractivity contribution is 8.00. The third-order valence-corrected chi connectivity index (χ3v) is 5.15. The van der Waals surface area contributed by atoms with E-state index in [-0.39, 0.29) is 0 Å². The van der Waals surface area contributed by atoms with E-state index in [1.54, 1.807) is 26.0 Å². The predicted octanol–water partition coefficient (Wildman–Crippen LogP) is 5.49. The second-order valence-electron chi connectivity index (χ2n) is 5.92. The van der Waals surface area contributed by atoms with Gasteiger partial charge in [-0.1, -0.05) is 54.6 Å². The van der Waals surface area contributed by atoms with Crippen LogP contribution >= 0.6 is 11.8 Å². The minimum absolute atomic E-state index is 0.597. The summed E-state index contributed by atoms with van der Waals surface area (Å²) in [7, 11) is 3.29. The lowest BCUT2D eigenvalue weighted by atomic mass is 10.1. The summed E-state index contributed by atoms with van der Waals surface area (Å²) in [6.07, 6.45) is 0. The summed E-state index contributed by atoms with van der Waals surface area (Å²) < 4.78 is 10.7. The van der Waals surface area contributed by atoms with Gasteiger partial charge in [-0.05, 0) is 35.4 Å². The van der Waals surface area contributed by atoms with Gasteiger partial charge in [0, 0.05) is 10.6 Å². The Bertz CT molecular complexity index is 879. The molecule has 0 bridgehead atoms. The first kappa shape index (κ1) is 19.1. The molecule has 4 heteroatoms. The van der Waals surface area contributed by atoms with Crippen LogP contribution in [0.2, 0.25) is 0 Å². The van der Waals surface area contributed by atoms with Crippen LogP contribution in [0.15, 0.2) is 88.8 Å². The standard InChI is InChI=1S/C23H23NO2S/c1-25-22-14-13-18(15-23(22)26-2)16-24-21(19-9-5-3-6-10-19)17-27-20-11-7-4-8-12-20/h3-15H,16-17H2,1-2H3. The van der Waals surface area contributed by atoms with Crippen LogP contribution in [-0.2, 0) is 6.54 Å². The molecule has 0 N–H and O–H groups in total. The lowest BCUT2D eigenvalue weighted by molar-refractivity contribution is 0.354. The van der Waals surface area contributed by atoms with Gasteiger partial charge in [0.05, 0.1) is 26.5 Å². The fraction of sp³-hybridized carbons (Fsp3) is 0.174. The van der Waals surface area contributed by atoms with E-state index in [2.05, 4.69) is 48.5 Å². The summed E-state index contributed by atoms with van der Waals surface area (Å²) in [6, 6.07) is 26.7. The molecule has 3 nitrogen and oxygen atoms in total. The molecule has 0 atom stereocenters. The molecule has 0 radical (unpaired) electrons. The Balaban J connectivity index is 1.80. The number of aliphatic imine (C=N–C) groups is 1. The quantitative estimate of drug-likeness (QED) is 0.384. The second-order valence-corrected chi connectivity index (χ2v) is 6.97. The molecule has 3 aromatic rings. The minimum atomic E-state index is 0.597. The fourth-order valence-corrected chi connectivity index (χ4v) is 3.60. The van der Waals surface area contributed by atoms with E-state index in [9.17, 15) is 0 Å². The highest BCUT2D eigenvalue weighted by Crippen LogP contribution is 2.28. The smallest absolute Gasteiger partial charge is 0.161 e. The van der Waals surface area contributed by atoms with E-state index < -0.39 is 0 Å². The lowest BCUT2D eigenvalue weighted by Crippen LogP contribution is -2.05. The van der Waals surface area contributed by atoms with Crippen molar-refractivity contribution in [2.45, 2.75) is 11.4 Å². The lowest BCUT2D eigenvalue weighted by Gasteiger charge is -2.10. The molecule has 27 heavy (non-hydrogen) atoms. The molecule has 0 aliphatic heterocycles. The summed E-state index contributed by atoms with van der Waals surface area (Å²) in [4.78, 5) is 6.15. The second kappa shape index (κ2) is 9.83. The number of benzene rings is 3. The SMILES string of the molecule is COc1ccc(CN=C(CSc2ccccc2)c2ccccc2)cc1OC. The molecule has 3 aromatic carbocycles. The van der Waals surface area contributed by atoms with E-state index in [0.717, 1.165) is 34.1 Å². The highest BCUT2D eigenvalue weighted by Gasteiger charge is 2.07. The van der Waals surface area contributed by atoms with Crippen molar-refractivity contribution in [3.63, 3.8) is 0 Å². The van der Waals surface area contributed by atoms with Gasteiger partial charge in [0.25, 0.3) is 0 Å². The van der Waals surface area contributed by atoms with Crippen molar-refractivity contribution >= 4 is 17.5 Å². The first-order valence-electron chi connectivity index (χ1n) is 8.77. The fourth-order valence-electron chi connectivity index (χ4n) is 2.68. The van der Waals surface area contributed by atoms with Crippen molar-refractivity contribution in [3.8, 4) is 11.5 Å². The van der Waals surface area contributed by atoms with Crippen LogP contribution in [-0.4, -0.2) is 25.7 Å². The topological polar surface area (TPSA) is 30.8 Å². The van der Waals surface area contributed by atoms with Gasteiger partial charge >= 0.3 is 0 Å². The average Bonchev–Trinajstić information content (AvgIpc) is 2.75. The molecule has 0 aromatic heterocycles. The number of methoxy groups -OCH3 is 2. The van der Waals surface area contributed by atoms with Crippen molar-refractivity contribution < 1.29 is 9.47 Å². The van der Waals surface area contributed by atoms with Crippen LogP contribution in [0.4, 0.5) is 0 Å². The van der Waals surface area contributed by atoms with Gasteiger partial charge < -0.3 is 9.47 Å². The van der Waals surface area contributed by atoms with Crippen LogP contribution < -0.4 is 9.47 Å². The van der Waals surface area contributed by atoms with E-state index >= 15 is 0 Å². The summed E-state index contributed by atoms with van der Waals surface area (Å²) >= 11 is 1.80. The Morgan fingerprint density at radius 2 is 1.48 bits per heavy atom. The van der Waals surface area contributed by atoms with Crippen LogP contribution in [0.1, 0.15) is 11.1 Å². The number of ether oxygens (including phenoxy) is 2. The Kier molecular flexibility index (Phi) is 6.94. The molecule has 3 rings (SSSR count). The molecule has 0 fully saturated rings. The summed E-state index contributed by atoms with van der Waals surface area (Å²) in [5.74, 6) is 2.28. The summed E-state index contributed by atoms with van der Waals surface area (Å²) in [6.45, 7) is 0.597. The van der Waals surface area contributed by atoms with Crippen LogP contribution in [0.5, 0.6) is 11.5 Å². The molecule has 0 amide bonds. The van der Waals surface area contributed by atoms with Crippen molar-refractivity contribution in [1.82, 2.24) is 0 Å². The molecule has 138 valence electrons. The molecule has 0 saturated carbocycles. The molecule has 0 heterocycles. The number of hydrogen-bond donors (Lipinski definition) is 0. The predicted molar refractivity (Wildman–Crippen MR) is 113 cm³/mol. The van der Waals surface area contributed by atoms with Crippen LogP contribution in [0, 0.1) is 0 Å². The van der Waals surface area contributed by atoms with Gasteiger partial charge in [-0.15, -0.1) is 11.8 Å². The number of rotatable bonds is 8. The zero-order chi connectivity index (χ0) is 18.9. The highest BCUT2D eigenvalue weighted by atomic mass is 32.2. The first-order valence-corrected chi connectivity index (χ1v) is 9.76. The number of hydrogen-bond acceptors (Lipinski definition) is 4. The number of nitrogens with zero attached hydrogens (tertiary/aromatic N) is 1. The van der Waals surface area contributed by atoms with Gasteiger partial charge in [0.1, 0.15) is 0 Å². The van der Waals surface area contributed by atoms with Gasteiger partial charge in [0.2, 0.25) is 0 Å². The normalized spacial score (nSPS) is 11.3. The molecule has 0 unspecified atom stereocenters. The third kappa shape index (κ3) is 5.38. The average molecular weight is 378 g/mol. The molecule has 0 saturated heterocycles. The maximum atomic E-state index is 5.40. The molecule has 0 aliphatic rings. The van der Waals surface area contributed by atoms with Crippen molar-refractivity contribution in [1.29, 1.82) is 0 Å². The third-order valence-electron chi connectivity index (χ3n) is 4.13. The molecule has 0 spiro atoms. The van der Waals surface area contributed by atoms with Crippen molar-refractivity contribution in [2.24, 2.45) is 4.99 Å². The van der Waals surface area contributed by atoms with Gasteiger partial charge in [-0.25, -0.2) is 0 Å². The van der Waals surface area contributed by atoms with E-state index in [1.807, 2.05) is 30.3 Å².